The van der Waals surface area contributed by atoms with Crippen molar-refractivity contribution in [3.8, 4) is 0 Å². The molecule has 8 heteroatoms. The maximum atomic E-state index is 14.0. The third kappa shape index (κ3) is 2.48. The molecule has 0 unspecified atom stereocenters. The largest absolute Gasteiger partial charge is 0.384 e. The SMILES string of the molecule is Cn1nnnc1SCc1cccc(C(=N)N)c1F. The van der Waals surface area contributed by atoms with E-state index in [1.807, 2.05) is 0 Å². The van der Waals surface area contributed by atoms with E-state index in [4.69, 9.17) is 11.1 Å². The minimum Gasteiger partial charge on any atom is -0.384 e. The molecule has 1 heterocycles. The lowest BCUT2D eigenvalue weighted by atomic mass is 10.1. The molecule has 2 aromatic rings. The Morgan fingerprint density at radius 3 is 2.94 bits per heavy atom. The summed E-state index contributed by atoms with van der Waals surface area (Å²) in [5, 5.41) is 18.8. The van der Waals surface area contributed by atoms with Crippen LogP contribution in [-0.2, 0) is 12.8 Å². The molecule has 0 spiro atoms. The zero-order chi connectivity index (χ0) is 13.1. The Balaban J connectivity index is 2.17. The van der Waals surface area contributed by atoms with Crippen LogP contribution in [0.5, 0.6) is 0 Å². The first-order valence-corrected chi connectivity index (χ1v) is 6.05. The third-order valence-corrected chi connectivity index (χ3v) is 3.37. The fourth-order valence-electron chi connectivity index (χ4n) is 1.39. The van der Waals surface area contributed by atoms with Crippen LogP contribution in [0.25, 0.3) is 0 Å². The lowest BCUT2D eigenvalue weighted by Crippen LogP contribution is -2.14. The Morgan fingerprint density at radius 1 is 1.56 bits per heavy atom. The van der Waals surface area contributed by atoms with Crippen molar-refractivity contribution in [2.24, 2.45) is 12.8 Å². The van der Waals surface area contributed by atoms with Crippen molar-refractivity contribution < 1.29 is 4.39 Å². The van der Waals surface area contributed by atoms with Gasteiger partial charge in [-0.2, -0.15) is 0 Å². The van der Waals surface area contributed by atoms with Crippen LogP contribution >= 0.6 is 11.8 Å². The molecule has 2 rings (SSSR count). The minimum atomic E-state index is -0.465. The van der Waals surface area contributed by atoms with E-state index in [1.54, 1.807) is 19.2 Å². The predicted molar refractivity (Wildman–Crippen MR) is 65.8 cm³/mol. The first-order valence-electron chi connectivity index (χ1n) is 5.06. The number of aryl methyl sites for hydroxylation is 1. The number of hydrogen-bond donors (Lipinski definition) is 2. The molecule has 0 amide bonds. The summed E-state index contributed by atoms with van der Waals surface area (Å²) < 4.78 is 15.5. The van der Waals surface area contributed by atoms with Gasteiger partial charge in [0.1, 0.15) is 11.7 Å². The van der Waals surface area contributed by atoms with E-state index in [9.17, 15) is 4.39 Å². The summed E-state index contributed by atoms with van der Waals surface area (Å²) in [6, 6.07) is 4.80. The van der Waals surface area contributed by atoms with Crippen LogP contribution in [0.4, 0.5) is 4.39 Å². The van der Waals surface area contributed by atoms with Gasteiger partial charge in [-0.3, -0.25) is 5.41 Å². The summed E-state index contributed by atoms with van der Waals surface area (Å²) in [6.07, 6.45) is 0. The first kappa shape index (κ1) is 12.5. The molecule has 0 aliphatic rings. The average molecular weight is 266 g/mol. The summed E-state index contributed by atoms with van der Waals surface area (Å²) in [7, 11) is 1.71. The quantitative estimate of drug-likeness (QED) is 0.487. The monoisotopic (exact) mass is 266 g/mol. The molecule has 18 heavy (non-hydrogen) atoms. The topological polar surface area (TPSA) is 93.5 Å². The second kappa shape index (κ2) is 5.13. The zero-order valence-corrected chi connectivity index (χ0v) is 10.4. The number of amidine groups is 1. The summed E-state index contributed by atoms with van der Waals surface area (Å²) in [5.74, 6) is -0.367. The summed E-state index contributed by atoms with van der Waals surface area (Å²) in [6.45, 7) is 0. The summed E-state index contributed by atoms with van der Waals surface area (Å²) >= 11 is 1.32. The number of halogens is 1. The van der Waals surface area contributed by atoms with Crippen molar-refractivity contribution in [3.05, 3.63) is 35.1 Å². The number of benzene rings is 1. The molecule has 6 nitrogen and oxygen atoms in total. The van der Waals surface area contributed by atoms with Crippen molar-refractivity contribution in [1.82, 2.24) is 20.2 Å². The number of aromatic nitrogens is 4. The zero-order valence-electron chi connectivity index (χ0n) is 9.59. The third-order valence-electron chi connectivity index (χ3n) is 2.31. The number of nitrogens with zero attached hydrogens (tertiary/aromatic N) is 4. The number of thioether (sulfide) groups is 1. The lowest BCUT2D eigenvalue weighted by Gasteiger charge is -2.06. The van der Waals surface area contributed by atoms with Gasteiger partial charge in [0.05, 0.1) is 5.56 Å². The molecule has 3 N–H and O–H groups in total. The second-order valence-electron chi connectivity index (χ2n) is 3.57. The number of nitrogen functional groups attached to an aromatic ring is 1. The predicted octanol–water partition coefficient (Wildman–Crippen LogP) is 0.926. The van der Waals surface area contributed by atoms with Gasteiger partial charge in [0.15, 0.2) is 0 Å². The van der Waals surface area contributed by atoms with Crippen molar-refractivity contribution >= 4 is 17.6 Å². The number of rotatable bonds is 4. The van der Waals surface area contributed by atoms with E-state index in [0.29, 0.717) is 16.5 Å². The number of nitrogens with one attached hydrogen (secondary N) is 1. The van der Waals surface area contributed by atoms with E-state index in [1.165, 1.54) is 22.5 Å². The maximum Gasteiger partial charge on any atom is 0.209 e. The molecule has 0 saturated heterocycles. The smallest absolute Gasteiger partial charge is 0.209 e. The average Bonchev–Trinajstić information content (AvgIpc) is 2.73. The van der Waals surface area contributed by atoms with Crippen LogP contribution in [0, 0.1) is 11.2 Å². The summed E-state index contributed by atoms with van der Waals surface area (Å²) in [5.41, 5.74) is 5.88. The van der Waals surface area contributed by atoms with Crippen molar-refractivity contribution in [1.29, 1.82) is 5.41 Å². The van der Waals surface area contributed by atoms with Crippen molar-refractivity contribution in [2.75, 3.05) is 0 Å². The molecular formula is C10H11FN6S. The molecule has 94 valence electrons. The van der Waals surface area contributed by atoms with E-state index in [2.05, 4.69) is 15.5 Å². The molecule has 0 bridgehead atoms. The lowest BCUT2D eigenvalue weighted by molar-refractivity contribution is 0.614. The second-order valence-corrected chi connectivity index (χ2v) is 4.51. The van der Waals surface area contributed by atoms with Gasteiger partial charge in [-0.05, 0) is 22.1 Å². The Kier molecular flexibility index (Phi) is 3.56. The highest BCUT2D eigenvalue weighted by atomic mass is 32.2. The Bertz CT molecular complexity index is 581. The Labute approximate surface area is 107 Å². The van der Waals surface area contributed by atoms with Crippen LogP contribution in [-0.4, -0.2) is 26.0 Å². The van der Waals surface area contributed by atoms with Crippen LogP contribution in [0.1, 0.15) is 11.1 Å². The Morgan fingerprint density at radius 2 is 2.33 bits per heavy atom. The van der Waals surface area contributed by atoms with E-state index < -0.39 is 5.82 Å². The van der Waals surface area contributed by atoms with Crippen LogP contribution in [0.15, 0.2) is 23.4 Å². The molecule has 0 radical (unpaired) electrons. The standard InChI is InChI=1S/C10H11FN6S/c1-17-10(14-15-16-17)18-5-6-3-2-4-7(8(6)11)9(12)13/h2-4H,5H2,1H3,(H3,12,13). The van der Waals surface area contributed by atoms with Crippen molar-refractivity contribution in [3.63, 3.8) is 0 Å². The molecule has 0 aliphatic heterocycles. The molecule has 0 saturated carbocycles. The van der Waals surface area contributed by atoms with Crippen molar-refractivity contribution in [2.45, 2.75) is 10.9 Å². The van der Waals surface area contributed by atoms with Gasteiger partial charge in [-0.15, -0.1) is 5.10 Å². The first-order chi connectivity index (χ1) is 8.59. The minimum absolute atomic E-state index is 0.115. The van der Waals surface area contributed by atoms with Gasteiger partial charge in [0.2, 0.25) is 5.16 Å². The van der Waals surface area contributed by atoms with Crippen LogP contribution in [0.2, 0.25) is 0 Å². The fraction of sp³-hybridized carbons (Fsp3) is 0.200. The van der Waals surface area contributed by atoms with Gasteiger partial charge < -0.3 is 5.73 Å². The molecule has 0 aliphatic carbocycles. The van der Waals surface area contributed by atoms with Crippen LogP contribution < -0.4 is 5.73 Å². The van der Waals surface area contributed by atoms with Gasteiger partial charge in [0, 0.05) is 12.8 Å². The molecular weight excluding hydrogens is 255 g/mol. The van der Waals surface area contributed by atoms with Gasteiger partial charge >= 0.3 is 0 Å². The molecule has 0 atom stereocenters. The highest BCUT2D eigenvalue weighted by Crippen LogP contribution is 2.22. The number of tetrazole rings is 1. The van der Waals surface area contributed by atoms with E-state index in [-0.39, 0.29) is 11.4 Å². The molecule has 0 fully saturated rings. The Hall–Kier alpha value is -1.96. The van der Waals surface area contributed by atoms with Gasteiger partial charge in [-0.1, -0.05) is 23.9 Å². The van der Waals surface area contributed by atoms with Gasteiger partial charge in [0.25, 0.3) is 0 Å². The maximum absolute atomic E-state index is 14.0. The van der Waals surface area contributed by atoms with E-state index in [0.717, 1.165) is 0 Å². The highest BCUT2D eigenvalue weighted by Gasteiger charge is 2.11. The number of hydrogen-bond acceptors (Lipinski definition) is 5. The molecule has 1 aromatic carbocycles. The van der Waals surface area contributed by atoms with E-state index >= 15 is 0 Å². The fourth-order valence-corrected chi connectivity index (χ4v) is 2.21. The molecule has 1 aromatic heterocycles. The normalized spacial score (nSPS) is 10.6. The highest BCUT2D eigenvalue weighted by molar-refractivity contribution is 7.98. The number of nitrogens with two attached hydrogens (primary N) is 1. The summed E-state index contributed by atoms with van der Waals surface area (Å²) in [4.78, 5) is 0. The van der Waals surface area contributed by atoms with Gasteiger partial charge in [-0.25, -0.2) is 9.07 Å². The van der Waals surface area contributed by atoms with Crippen LogP contribution in [0.3, 0.4) is 0 Å².